The largest absolute Gasteiger partial charge is 0.459 e. The van der Waals surface area contributed by atoms with Crippen molar-refractivity contribution < 1.29 is 73.4 Å². The van der Waals surface area contributed by atoms with Crippen molar-refractivity contribution in [3.63, 3.8) is 0 Å². The molecule has 0 spiro atoms. The van der Waals surface area contributed by atoms with Crippen LogP contribution in [0.3, 0.4) is 0 Å². The number of hydrogen-bond donors (Lipinski definition) is 6. The minimum absolute atomic E-state index is 0.0421. The molecule has 6 N–H and O–H groups in total. The van der Waals surface area contributed by atoms with E-state index in [4.69, 9.17) is 33.2 Å². The van der Waals surface area contributed by atoms with Crippen molar-refractivity contribution >= 4 is 11.8 Å². The van der Waals surface area contributed by atoms with Crippen molar-refractivity contribution in [1.29, 1.82) is 0 Å². The highest BCUT2D eigenvalue weighted by atomic mass is 16.7. The van der Waals surface area contributed by atoms with E-state index >= 15 is 0 Å². The van der Waals surface area contributed by atoms with Crippen LogP contribution in [0.1, 0.15) is 108 Å². The van der Waals surface area contributed by atoms with Crippen LogP contribution >= 0.6 is 0 Å². The molecule has 356 valence electrons. The molecule has 0 aromatic heterocycles. The summed E-state index contributed by atoms with van der Waals surface area (Å²) in [5.74, 6) is -5.17. The second-order valence-electron chi connectivity index (χ2n) is 19.9. The number of ketones is 1. The molecule has 4 aliphatic heterocycles. The Morgan fingerprint density at radius 2 is 1.30 bits per heavy atom. The number of hydrogen-bond acceptors (Lipinski definition) is 17. The first-order chi connectivity index (χ1) is 28.1. The summed E-state index contributed by atoms with van der Waals surface area (Å²) in [6.07, 6.45) is -13.0. The number of esters is 1. The van der Waals surface area contributed by atoms with Gasteiger partial charge in [0.1, 0.15) is 29.7 Å². The summed E-state index contributed by atoms with van der Waals surface area (Å²) in [6.45, 7) is 18.1. The van der Waals surface area contributed by atoms with Gasteiger partial charge in [-0.25, -0.2) is 0 Å². The Kier molecular flexibility index (Phi) is 17.5. The summed E-state index contributed by atoms with van der Waals surface area (Å²) in [6, 6.07) is -0.742. The van der Waals surface area contributed by atoms with E-state index in [1.54, 1.807) is 48.5 Å². The van der Waals surface area contributed by atoms with Crippen LogP contribution in [0.15, 0.2) is 0 Å². The number of carbonyl (C=O) groups excluding carboxylic acids is 2. The summed E-state index contributed by atoms with van der Waals surface area (Å²) in [4.78, 5) is 32.7. The second-order valence-corrected chi connectivity index (χ2v) is 19.9. The third-order valence-corrected chi connectivity index (χ3v) is 14.1. The van der Waals surface area contributed by atoms with E-state index in [-0.39, 0.29) is 43.9 Å². The van der Waals surface area contributed by atoms with Gasteiger partial charge in [0.05, 0.1) is 59.8 Å². The number of ether oxygens (including phenoxy) is 7. The molecule has 0 saturated carbocycles. The van der Waals surface area contributed by atoms with Crippen LogP contribution in [0, 0.1) is 23.7 Å². The predicted octanol–water partition coefficient (Wildman–Crippen LogP) is 1.58. The highest BCUT2D eigenvalue weighted by molar-refractivity contribution is 5.83. The van der Waals surface area contributed by atoms with Gasteiger partial charge in [-0.05, 0) is 95.9 Å². The Hall–Kier alpha value is -1.42. The average molecular weight is 877 g/mol. The molecule has 4 aliphatic rings. The van der Waals surface area contributed by atoms with Crippen molar-refractivity contribution in [3.05, 3.63) is 0 Å². The molecule has 0 radical (unpaired) electrons. The topological polar surface area (TPSA) is 227 Å². The van der Waals surface area contributed by atoms with Crippen LogP contribution in [0.5, 0.6) is 0 Å². The van der Waals surface area contributed by atoms with Gasteiger partial charge >= 0.3 is 5.97 Å². The Bertz CT molecular complexity index is 1450. The molecule has 4 fully saturated rings. The Labute approximate surface area is 363 Å². The molecule has 0 aromatic rings. The first kappa shape index (κ1) is 52.2. The van der Waals surface area contributed by atoms with Gasteiger partial charge in [-0.3, -0.25) is 9.59 Å². The summed E-state index contributed by atoms with van der Waals surface area (Å²) < 4.78 is 45.7. The number of rotatable bonds is 9. The van der Waals surface area contributed by atoms with Crippen LogP contribution in [-0.4, -0.2) is 189 Å². The number of likely N-dealkylation sites (N-methyl/N-ethyl adjacent to an activating group) is 2. The molecule has 4 heterocycles. The van der Waals surface area contributed by atoms with Crippen molar-refractivity contribution in [2.45, 2.75) is 217 Å². The normalized spacial score (nSPS) is 50.0. The third-order valence-electron chi connectivity index (χ3n) is 14.1. The lowest BCUT2D eigenvalue weighted by Gasteiger charge is -2.51. The zero-order valence-corrected chi connectivity index (χ0v) is 39.3. The molecule has 61 heavy (non-hydrogen) atoms. The van der Waals surface area contributed by atoms with Crippen LogP contribution < -0.4 is 0 Å². The van der Waals surface area contributed by atoms with Crippen molar-refractivity contribution in [1.82, 2.24) is 9.80 Å². The predicted molar refractivity (Wildman–Crippen MR) is 223 cm³/mol. The Morgan fingerprint density at radius 1 is 0.721 bits per heavy atom. The summed E-state index contributed by atoms with van der Waals surface area (Å²) in [5, 5.41) is 68.6. The van der Waals surface area contributed by atoms with E-state index in [2.05, 4.69) is 0 Å². The molecule has 4 saturated heterocycles. The number of Topliss-reactive ketones (excluding diaryl/α,β-unsaturated/α-hetero) is 1. The molecule has 0 amide bonds. The maximum atomic E-state index is 14.5. The molecule has 17 heteroatoms. The van der Waals surface area contributed by atoms with Crippen LogP contribution in [0.2, 0.25) is 0 Å². The minimum Gasteiger partial charge on any atom is -0.459 e. The number of aliphatic hydroxyl groups is 6. The Balaban J connectivity index is 1.97. The smallest absolute Gasteiger partial charge is 0.311 e. The molecule has 22 atom stereocenters. The average Bonchev–Trinajstić information content (AvgIpc) is 3.16. The maximum absolute atomic E-state index is 14.5. The molecule has 0 aliphatic carbocycles. The van der Waals surface area contributed by atoms with Gasteiger partial charge < -0.3 is 73.6 Å². The SMILES string of the molecule is CC[C@H]1OC(=O)[C@H](C)[C@@H](O[C@H]2C[C@@](C)(O)[C@@H](O)[C@H](C)O2)[C@H](C)[C@@H](O[C@@H]2O[C@H](C)C[C@H](N(C)C)[C@H]2O)[C@](C)(O[C@H]2C[C@@H](N(C)C)C(O)[C@H](C)O2)C[C@@H](C)C(=O)[C@H](C)[C@@H](O)[C@]1(C)O. The number of cyclic esters (lactones) is 1. The lowest BCUT2D eigenvalue weighted by Crippen LogP contribution is -2.62. The molecular weight excluding hydrogens is 796 g/mol. The number of nitrogens with zero attached hydrogens (tertiary/aromatic N) is 2. The highest BCUT2D eigenvalue weighted by Gasteiger charge is 2.55. The first-order valence-electron chi connectivity index (χ1n) is 22.3. The van der Waals surface area contributed by atoms with E-state index in [0.29, 0.717) is 6.42 Å². The molecular formula is C44H80N2O15. The van der Waals surface area contributed by atoms with Gasteiger partial charge in [-0.1, -0.05) is 27.7 Å². The van der Waals surface area contributed by atoms with E-state index in [0.717, 1.165) is 0 Å². The molecule has 4 rings (SSSR count). The number of aliphatic hydroxyl groups excluding tert-OH is 4. The molecule has 17 nitrogen and oxygen atoms in total. The van der Waals surface area contributed by atoms with Crippen LogP contribution in [0.25, 0.3) is 0 Å². The van der Waals surface area contributed by atoms with Gasteiger partial charge in [-0.15, -0.1) is 0 Å². The lowest BCUT2D eigenvalue weighted by molar-refractivity contribution is -0.340. The molecule has 1 unspecified atom stereocenters. The van der Waals surface area contributed by atoms with E-state index < -0.39 is 126 Å². The van der Waals surface area contributed by atoms with Gasteiger partial charge in [0.25, 0.3) is 0 Å². The quantitative estimate of drug-likeness (QED) is 0.181. The van der Waals surface area contributed by atoms with Crippen molar-refractivity contribution in [2.75, 3.05) is 28.2 Å². The summed E-state index contributed by atoms with van der Waals surface area (Å²) in [7, 11) is 7.41. The lowest BCUT2D eigenvalue weighted by atomic mass is 9.73. The van der Waals surface area contributed by atoms with Gasteiger partial charge in [0, 0.05) is 42.7 Å². The van der Waals surface area contributed by atoms with Crippen molar-refractivity contribution in [3.8, 4) is 0 Å². The maximum Gasteiger partial charge on any atom is 0.311 e. The van der Waals surface area contributed by atoms with E-state index in [9.17, 15) is 40.2 Å². The standard InChI is InChI=1S/C44H80N2O15/c1-16-30-44(11,54)37(50)23(4)33(47)21(2)19-43(10,61-31-18-29(46(14)15)34(48)26(7)56-31)39(60-41-35(49)28(45(12)13)17-22(3)55-41)24(5)36(25(6)40(52)58-30)59-32-20-42(9,53)38(51)27(8)57-32/h21-32,34-39,41,48-51,53-54H,16-20H2,1-15H3/t21-,22-,23+,24+,25-,26+,27+,28+,29-,30-,31+,32+,34?,35-,36+,37-,38+,39-,41+,42-,43-,44-/m1/s1. The zero-order valence-electron chi connectivity index (χ0n) is 39.3. The fourth-order valence-corrected chi connectivity index (χ4v) is 10.2. The van der Waals surface area contributed by atoms with E-state index in [1.807, 2.05) is 44.9 Å². The van der Waals surface area contributed by atoms with E-state index in [1.165, 1.54) is 20.8 Å². The van der Waals surface area contributed by atoms with Crippen LogP contribution in [0.4, 0.5) is 0 Å². The fraction of sp³-hybridized carbons (Fsp3) is 0.955. The fourth-order valence-electron chi connectivity index (χ4n) is 10.2. The van der Waals surface area contributed by atoms with Crippen molar-refractivity contribution in [2.24, 2.45) is 23.7 Å². The molecule has 0 aromatic carbocycles. The third kappa shape index (κ3) is 11.5. The minimum atomic E-state index is -2.05. The van der Waals surface area contributed by atoms with Crippen LogP contribution in [-0.2, 0) is 42.7 Å². The summed E-state index contributed by atoms with van der Waals surface area (Å²) >= 11 is 0. The first-order valence-corrected chi connectivity index (χ1v) is 22.3. The van der Waals surface area contributed by atoms with Gasteiger partial charge in [-0.2, -0.15) is 0 Å². The monoisotopic (exact) mass is 877 g/mol. The highest BCUT2D eigenvalue weighted by Crippen LogP contribution is 2.43. The zero-order chi connectivity index (χ0) is 46.3. The Morgan fingerprint density at radius 3 is 1.85 bits per heavy atom. The molecule has 0 bridgehead atoms. The second kappa shape index (κ2) is 20.4. The van der Waals surface area contributed by atoms with Gasteiger partial charge in [0.15, 0.2) is 18.9 Å². The number of carbonyl (C=O) groups is 2. The van der Waals surface area contributed by atoms with Gasteiger partial charge in [0.2, 0.25) is 0 Å². The summed E-state index contributed by atoms with van der Waals surface area (Å²) in [5.41, 5.74) is -5.21.